The molecule has 2 aromatic carbocycles. The lowest BCUT2D eigenvalue weighted by Gasteiger charge is -2.09. The number of methoxy groups -OCH3 is 1. The molecule has 2 aromatic rings. The number of aliphatic hydroxyl groups is 1. The zero-order valence-electron chi connectivity index (χ0n) is 23.0. The van der Waals surface area contributed by atoms with Crippen LogP contribution in [-0.4, -0.2) is 67.3 Å². The molecular formula is C26H34FIO10S. The zero-order valence-corrected chi connectivity index (χ0v) is 25.0. The van der Waals surface area contributed by atoms with E-state index in [0.717, 1.165) is 46.5 Å². The molecule has 2 saturated carbocycles. The van der Waals surface area contributed by atoms with Crippen molar-refractivity contribution in [2.24, 2.45) is 0 Å². The van der Waals surface area contributed by atoms with E-state index in [1.54, 1.807) is 12.1 Å². The summed E-state index contributed by atoms with van der Waals surface area (Å²) in [6.07, 6.45) is 5.60. The van der Waals surface area contributed by atoms with Crippen LogP contribution in [0.4, 0.5) is 4.39 Å². The van der Waals surface area contributed by atoms with Crippen molar-refractivity contribution in [2.45, 2.75) is 51.4 Å². The van der Waals surface area contributed by atoms with E-state index >= 15 is 0 Å². The quantitative estimate of drug-likeness (QED) is 0.142. The normalized spacial score (nSPS) is 13.7. The SMILES string of the molecule is CO.COC(=O)c1cc(C=O)c(C2CC2)cc1C.Cc1cc(C2CC2)c(I)cc1C(=O)O.O=S(=O)(O)O.[2H]CF. The summed E-state index contributed by atoms with van der Waals surface area (Å²) >= 11 is 2.23. The number of carboxylic acid groups (broad SMARTS) is 1. The Morgan fingerprint density at radius 1 is 1.00 bits per heavy atom. The number of alkyl halides is 1. The van der Waals surface area contributed by atoms with Crippen LogP contribution in [0.25, 0.3) is 0 Å². The van der Waals surface area contributed by atoms with E-state index in [4.69, 9.17) is 29.1 Å². The second-order valence-corrected chi connectivity index (χ2v) is 10.5. The van der Waals surface area contributed by atoms with Crippen molar-refractivity contribution in [2.75, 3.05) is 21.4 Å². The van der Waals surface area contributed by atoms with Gasteiger partial charge in [0.1, 0.15) is 6.29 Å². The Morgan fingerprint density at radius 3 is 1.79 bits per heavy atom. The minimum Gasteiger partial charge on any atom is -0.478 e. The maximum absolute atomic E-state index is 11.5. The van der Waals surface area contributed by atoms with Crippen molar-refractivity contribution in [1.29, 1.82) is 0 Å². The first-order chi connectivity index (χ1) is 18.7. The molecule has 218 valence electrons. The van der Waals surface area contributed by atoms with Gasteiger partial charge in [-0.25, -0.2) is 9.59 Å². The Balaban J connectivity index is 0.000000577. The molecule has 2 aliphatic carbocycles. The van der Waals surface area contributed by atoms with Gasteiger partial charge < -0.3 is 14.9 Å². The van der Waals surface area contributed by atoms with Crippen molar-refractivity contribution >= 4 is 51.2 Å². The van der Waals surface area contributed by atoms with Crippen LogP contribution in [0, 0.1) is 17.4 Å². The predicted molar refractivity (Wildman–Crippen MR) is 152 cm³/mol. The van der Waals surface area contributed by atoms with Crippen molar-refractivity contribution in [3.8, 4) is 0 Å². The molecule has 0 heterocycles. The highest BCUT2D eigenvalue weighted by molar-refractivity contribution is 14.1. The summed E-state index contributed by atoms with van der Waals surface area (Å²) in [5.74, 6) is -0.0280. The number of aryl methyl sites for hydroxylation is 2. The van der Waals surface area contributed by atoms with Gasteiger partial charge in [0.15, 0.2) is 0 Å². The first-order valence-electron chi connectivity index (χ1n) is 12.1. The van der Waals surface area contributed by atoms with E-state index in [2.05, 4.69) is 27.3 Å². The van der Waals surface area contributed by atoms with Crippen LogP contribution in [0.5, 0.6) is 0 Å². The molecule has 13 heteroatoms. The zero-order chi connectivity index (χ0) is 31.2. The van der Waals surface area contributed by atoms with Crippen molar-refractivity contribution in [3.05, 3.63) is 66.8 Å². The van der Waals surface area contributed by atoms with E-state index in [0.29, 0.717) is 28.5 Å². The molecule has 39 heavy (non-hydrogen) atoms. The van der Waals surface area contributed by atoms with E-state index in [9.17, 15) is 18.8 Å². The first kappa shape index (κ1) is 34.6. The molecule has 10 nitrogen and oxygen atoms in total. The van der Waals surface area contributed by atoms with Crippen LogP contribution in [0.15, 0.2) is 24.3 Å². The molecule has 0 saturated heterocycles. The van der Waals surface area contributed by atoms with Gasteiger partial charge >= 0.3 is 22.3 Å². The van der Waals surface area contributed by atoms with E-state index in [1.165, 1.54) is 25.5 Å². The standard InChI is InChI=1S/C13H14O3.C11H11IO2.CH3F.CH4O.H2O4S/c1-8-5-12(9-3-4-9)10(7-14)6-11(8)13(15)16-2;1-6-4-9(7-2-3-7)10(12)5-8(6)11(13)14;2*1-2;1-5(2,3)4/h5-7,9H,3-4H2,1-2H3;4-5,7H,2-3H2,1H3,(H,13,14);1H3;2H,1H3;(H2,1,2,3,4)/i;;1D;;. The molecule has 0 bridgehead atoms. The predicted octanol–water partition coefficient (Wildman–Crippen LogP) is 5.19. The summed E-state index contributed by atoms with van der Waals surface area (Å²) in [7, 11) is -3.32. The summed E-state index contributed by atoms with van der Waals surface area (Å²) in [6, 6.07) is 7.39. The minimum absolute atomic E-state index is 0.386. The fourth-order valence-corrected chi connectivity index (χ4v) is 4.48. The van der Waals surface area contributed by atoms with Gasteiger partial charge in [0.2, 0.25) is 0 Å². The number of hydrogen-bond acceptors (Lipinski definition) is 7. The molecule has 0 spiro atoms. The second-order valence-electron chi connectivity index (χ2n) is 8.40. The van der Waals surface area contributed by atoms with Crippen LogP contribution < -0.4 is 0 Å². The maximum atomic E-state index is 11.5. The summed E-state index contributed by atoms with van der Waals surface area (Å²) in [6.45, 7) is 3.73. The largest absolute Gasteiger partial charge is 0.478 e. The second kappa shape index (κ2) is 17.3. The van der Waals surface area contributed by atoms with Gasteiger partial charge in [-0.2, -0.15) is 8.42 Å². The number of carbonyl (C=O) groups is 3. The van der Waals surface area contributed by atoms with Crippen LogP contribution in [0.3, 0.4) is 0 Å². The molecule has 0 aliphatic heterocycles. The summed E-state index contributed by atoms with van der Waals surface area (Å²) in [5, 5.41) is 15.9. The number of aliphatic hydroxyl groups excluding tert-OH is 1. The lowest BCUT2D eigenvalue weighted by Crippen LogP contribution is -2.06. The lowest BCUT2D eigenvalue weighted by molar-refractivity contribution is 0.0599. The molecule has 0 amide bonds. The summed E-state index contributed by atoms with van der Waals surface area (Å²) < 4.78 is 52.9. The number of halogens is 2. The number of carbonyl (C=O) groups excluding carboxylic acids is 2. The monoisotopic (exact) mass is 685 g/mol. The number of rotatable bonds is 5. The third kappa shape index (κ3) is 13.0. The smallest absolute Gasteiger partial charge is 0.394 e. The van der Waals surface area contributed by atoms with Crippen molar-refractivity contribution in [3.63, 3.8) is 0 Å². The Bertz CT molecular complexity index is 1250. The highest BCUT2D eigenvalue weighted by Crippen LogP contribution is 2.43. The Morgan fingerprint density at radius 2 is 1.41 bits per heavy atom. The van der Waals surface area contributed by atoms with E-state index in [-0.39, 0.29) is 5.97 Å². The third-order valence-electron chi connectivity index (χ3n) is 5.57. The van der Waals surface area contributed by atoms with Gasteiger partial charge in [0.05, 0.1) is 26.8 Å². The molecule has 2 fully saturated rings. The number of esters is 1. The molecule has 4 N–H and O–H groups in total. The minimum atomic E-state index is -4.67. The van der Waals surface area contributed by atoms with Gasteiger partial charge in [-0.05, 0) is 108 Å². The number of benzene rings is 2. The average Bonchev–Trinajstić information content (AvgIpc) is 3.79. The van der Waals surface area contributed by atoms with Crippen molar-refractivity contribution < 1.29 is 52.6 Å². The van der Waals surface area contributed by atoms with Crippen LogP contribution in [0.1, 0.15) is 92.2 Å². The number of ether oxygens (including phenoxy) is 1. The molecule has 0 radical (unpaired) electrons. The Hall–Kier alpha value is -2.46. The molecule has 0 atom stereocenters. The van der Waals surface area contributed by atoms with Crippen molar-refractivity contribution in [1.82, 2.24) is 0 Å². The summed E-state index contributed by atoms with van der Waals surface area (Å²) in [4.78, 5) is 33.3. The highest BCUT2D eigenvalue weighted by atomic mass is 127. The van der Waals surface area contributed by atoms with Crippen LogP contribution >= 0.6 is 22.6 Å². The molecular weight excluding hydrogens is 650 g/mol. The van der Waals surface area contributed by atoms with E-state index in [1.807, 2.05) is 26.0 Å². The Labute approximate surface area is 242 Å². The lowest BCUT2D eigenvalue weighted by atomic mass is 9.97. The van der Waals surface area contributed by atoms with Gasteiger partial charge in [-0.3, -0.25) is 18.3 Å². The topological polar surface area (TPSA) is 175 Å². The fraction of sp³-hybridized carbons (Fsp3) is 0.423. The number of hydrogen-bond donors (Lipinski definition) is 4. The summed E-state index contributed by atoms with van der Waals surface area (Å²) in [5.41, 5.74) is 5.67. The van der Waals surface area contributed by atoms with Crippen LogP contribution in [0.2, 0.25) is 0 Å². The Kier molecular flexibility index (Phi) is 15.3. The number of aromatic carboxylic acids is 1. The maximum Gasteiger partial charge on any atom is 0.394 e. The fourth-order valence-electron chi connectivity index (χ4n) is 3.57. The van der Waals surface area contributed by atoms with E-state index < -0.39 is 23.5 Å². The van der Waals surface area contributed by atoms with Gasteiger partial charge in [0.25, 0.3) is 0 Å². The molecule has 4 rings (SSSR count). The van der Waals surface area contributed by atoms with Gasteiger partial charge in [-0.1, -0.05) is 12.1 Å². The molecule has 0 aromatic heterocycles. The van der Waals surface area contributed by atoms with Gasteiger partial charge in [0, 0.05) is 16.2 Å². The average molecular weight is 686 g/mol. The first-order valence-corrected chi connectivity index (χ1v) is 13.9. The highest BCUT2D eigenvalue weighted by Gasteiger charge is 2.28. The molecule has 0 unspecified atom stereocenters. The third-order valence-corrected chi connectivity index (χ3v) is 6.50. The number of carboxylic acids is 1. The van der Waals surface area contributed by atoms with Crippen LogP contribution in [-0.2, 0) is 15.1 Å². The number of aldehydes is 1. The molecule has 2 aliphatic rings. The van der Waals surface area contributed by atoms with Gasteiger partial charge in [-0.15, -0.1) is 0 Å².